The van der Waals surface area contributed by atoms with Gasteiger partial charge in [-0.05, 0) is 12.8 Å². The van der Waals surface area contributed by atoms with Crippen molar-refractivity contribution in [1.29, 1.82) is 0 Å². The van der Waals surface area contributed by atoms with E-state index < -0.39 is 10.4 Å². The molecule has 0 amide bonds. The number of rotatable bonds is 15. The zero-order chi connectivity index (χ0) is 20.4. The molecule has 0 aromatic carbocycles. The van der Waals surface area contributed by atoms with Crippen molar-refractivity contribution in [3.05, 3.63) is 18.2 Å². The van der Waals surface area contributed by atoms with E-state index in [9.17, 15) is 13.0 Å². The fraction of sp³-hybridized carbons (Fsp3) is 0.850. The number of unbranched alkanes of at least 4 members (excludes halogenated alkanes) is 10. The van der Waals surface area contributed by atoms with Crippen molar-refractivity contribution in [2.24, 2.45) is 7.05 Å². The number of imidazole rings is 1. The second-order valence-corrected chi connectivity index (χ2v) is 8.09. The Hall–Kier alpha value is -0.920. The molecule has 0 spiro atoms. The summed E-state index contributed by atoms with van der Waals surface area (Å²) in [6, 6.07) is 0. The lowest BCUT2D eigenvalue weighted by Crippen LogP contribution is -2.30. The lowest BCUT2D eigenvalue weighted by Gasteiger charge is -2.06. The summed E-state index contributed by atoms with van der Waals surface area (Å²) in [5.41, 5.74) is 0. The number of aromatic amines is 1. The van der Waals surface area contributed by atoms with Crippen LogP contribution >= 0.6 is 0 Å². The molecule has 0 aliphatic heterocycles. The van der Waals surface area contributed by atoms with Crippen molar-refractivity contribution >= 4 is 10.4 Å². The molecule has 0 unspecified atom stereocenters. The van der Waals surface area contributed by atoms with Crippen LogP contribution in [0.1, 0.15) is 96.7 Å². The molecule has 0 aliphatic rings. The molecule has 1 aromatic heterocycles. The molecule has 0 saturated heterocycles. The number of nitrogens with zero attached hydrogens (tertiary/aromatic N) is 1. The summed E-state index contributed by atoms with van der Waals surface area (Å²) >= 11 is 0. The van der Waals surface area contributed by atoms with Gasteiger partial charge in [0.15, 0.2) is 0 Å². The van der Waals surface area contributed by atoms with Crippen LogP contribution in [0.3, 0.4) is 0 Å². The molecular weight excluding hydrogens is 364 g/mol. The van der Waals surface area contributed by atoms with Crippen molar-refractivity contribution in [3.8, 4) is 0 Å². The second-order valence-electron chi connectivity index (χ2n) is 7.03. The molecule has 7 heteroatoms. The average molecular weight is 405 g/mol. The maximum atomic E-state index is 9.99. The largest absolute Gasteiger partial charge is 0.726 e. The van der Waals surface area contributed by atoms with E-state index >= 15 is 0 Å². The predicted molar refractivity (Wildman–Crippen MR) is 108 cm³/mol. The fourth-order valence-corrected chi connectivity index (χ4v) is 3.12. The van der Waals surface area contributed by atoms with Gasteiger partial charge in [-0.2, -0.15) is 0 Å². The summed E-state index contributed by atoms with van der Waals surface area (Å²) < 4.78 is 36.2. The van der Waals surface area contributed by atoms with Crippen LogP contribution in [0.2, 0.25) is 0 Å². The third-order valence-corrected chi connectivity index (χ3v) is 4.92. The maximum Gasteiger partial charge on any atom is 0.253 e. The average Bonchev–Trinajstić information content (AvgIpc) is 3.02. The lowest BCUT2D eigenvalue weighted by atomic mass is 10.1. The van der Waals surface area contributed by atoms with Crippen LogP contribution < -0.4 is 4.57 Å². The number of hydrogen-bond donors (Lipinski definition) is 1. The van der Waals surface area contributed by atoms with Gasteiger partial charge in [-0.25, -0.2) is 18.0 Å². The third-order valence-electron chi connectivity index (χ3n) is 4.47. The Morgan fingerprint density at radius 3 is 1.93 bits per heavy atom. The number of hydrogen-bond acceptors (Lipinski definition) is 4. The van der Waals surface area contributed by atoms with Gasteiger partial charge in [0.1, 0.15) is 12.4 Å². The first kappa shape index (κ1) is 26.1. The third kappa shape index (κ3) is 18.2. The molecule has 1 aromatic rings. The highest BCUT2D eigenvalue weighted by molar-refractivity contribution is 7.80. The topological polar surface area (TPSA) is 86.1 Å². The molecule has 0 atom stereocenters. The zero-order valence-corrected chi connectivity index (χ0v) is 18.4. The lowest BCUT2D eigenvalue weighted by molar-refractivity contribution is -0.677. The van der Waals surface area contributed by atoms with E-state index in [1.165, 1.54) is 70.0 Å². The summed E-state index contributed by atoms with van der Waals surface area (Å²) in [5.74, 6) is 1.35. The zero-order valence-electron chi connectivity index (χ0n) is 17.5. The normalized spacial score (nSPS) is 11.3. The van der Waals surface area contributed by atoms with Gasteiger partial charge in [-0.3, -0.25) is 4.18 Å². The van der Waals surface area contributed by atoms with Crippen molar-refractivity contribution in [1.82, 2.24) is 4.98 Å². The van der Waals surface area contributed by atoms with Crippen LogP contribution in [0.4, 0.5) is 0 Å². The van der Waals surface area contributed by atoms with E-state index in [4.69, 9.17) is 0 Å². The van der Waals surface area contributed by atoms with E-state index in [1.54, 1.807) is 0 Å². The number of aromatic nitrogens is 2. The molecule has 1 N–H and O–H groups in total. The second kappa shape index (κ2) is 17.2. The molecule has 160 valence electrons. The first-order chi connectivity index (χ1) is 12.9. The van der Waals surface area contributed by atoms with Gasteiger partial charge in [0.05, 0.1) is 13.7 Å². The summed E-state index contributed by atoms with van der Waals surface area (Å²) in [6.07, 6.45) is 19.7. The first-order valence-electron chi connectivity index (χ1n) is 10.5. The molecule has 0 saturated carbocycles. The highest BCUT2D eigenvalue weighted by Crippen LogP contribution is 2.07. The number of nitrogens with one attached hydrogen (secondary N) is 1. The van der Waals surface area contributed by atoms with Crippen LogP contribution in [0.25, 0.3) is 0 Å². The summed E-state index contributed by atoms with van der Waals surface area (Å²) in [4.78, 5) is 3.27. The van der Waals surface area contributed by atoms with Crippen LogP contribution in [0, 0.1) is 0 Å². The Balaban J connectivity index is 0.000000503. The van der Waals surface area contributed by atoms with Gasteiger partial charge in [-0.15, -0.1) is 0 Å². The highest BCUT2D eigenvalue weighted by Gasteiger charge is 2.04. The standard InChI is InChI=1S/C12H22N2.C8H18O4S/c1-3-4-5-6-7-8-9-12-13-10-11-14(12)2;1-2-3-4-5-6-7-8-12-13(9,10)11/h10-11H,3-9H2,1-2H3;2-8H2,1H3,(H,9,10,11). The van der Waals surface area contributed by atoms with Crippen molar-refractivity contribution < 1.29 is 21.7 Å². The summed E-state index contributed by atoms with van der Waals surface area (Å²) in [7, 11) is -2.37. The maximum absolute atomic E-state index is 9.99. The SMILES string of the molecule is CCCCCCCCOS(=O)(=O)[O-].CCCCCCCCc1[nH]cc[n+]1C. The van der Waals surface area contributed by atoms with E-state index in [0.29, 0.717) is 6.42 Å². The molecule has 1 rings (SSSR count). The Morgan fingerprint density at radius 2 is 1.44 bits per heavy atom. The minimum absolute atomic E-state index is 0.0258. The molecule has 0 aliphatic carbocycles. The van der Waals surface area contributed by atoms with Gasteiger partial charge in [0, 0.05) is 6.42 Å². The predicted octanol–water partition coefficient (Wildman–Crippen LogP) is 4.57. The van der Waals surface area contributed by atoms with Crippen LogP contribution in [-0.4, -0.2) is 24.6 Å². The molecule has 0 radical (unpaired) electrons. The Kier molecular flexibility index (Phi) is 16.6. The monoisotopic (exact) mass is 404 g/mol. The molecule has 27 heavy (non-hydrogen) atoms. The van der Waals surface area contributed by atoms with Gasteiger partial charge >= 0.3 is 0 Å². The first-order valence-corrected chi connectivity index (χ1v) is 11.9. The minimum Gasteiger partial charge on any atom is -0.726 e. The van der Waals surface area contributed by atoms with E-state index in [2.05, 4.69) is 40.8 Å². The molecule has 0 fully saturated rings. The van der Waals surface area contributed by atoms with E-state index in [1.807, 2.05) is 6.20 Å². The number of H-pyrrole nitrogens is 1. The highest BCUT2D eigenvalue weighted by atomic mass is 32.3. The van der Waals surface area contributed by atoms with Gasteiger partial charge in [0.25, 0.3) is 5.82 Å². The van der Waals surface area contributed by atoms with E-state index in [0.717, 1.165) is 12.8 Å². The minimum atomic E-state index is -4.47. The summed E-state index contributed by atoms with van der Waals surface area (Å²) in [5, 5.41) is 0. The smallest absolute Gasteiger partial charge is 0.253 e. The molecular formula is C20H40N2O4S. The Bertz CT molecular complexity index is 544. The van der Waals surface area contributed by atoms with Crippen LogP contribution in [0.5, 0.6) is 0 Å². The van der Waals surface area contributed by atoms with Crippen molar-refractivity contribution in [3.63, 3.8) is 0 Å². The van der Waals surface area contributed by atoms with E-state index in [-0.39, 0.29) is 6.61 Å². The van der Waals surface area contributed by atoms with Crippen LogP contribution in [0.15, 0.2) is 12.4 Å². The quantitative estimate of drug-likeness (QED) is 0.201. The fourth-order valence-electron chi connectivity index (χ4n) is 2.80. The summed E-state index contributed by atoms with van der Waals surface area (Å²) in [6.45, 7) is 4.42. The Morgan fingerprint density at radius 1 is 0.926 bits per heavy atom. The number of aryl methyl sites for hydroxylation is 2. The van der Waals surface area contributed by atoms with Gasteiger partial charge in [-0.1, -0.05) is 78.1 Å². The van der Waals surface area contributed by atoms with Gasteiger partial charge < -0.3 is 4.55 Å². The molecule has 0 bridgehead atoms. The van der Waals surface area contributed by atoms with Crippen molar-refractivity contribution in [2.75, 3.05) is 6.61 Å². The van der Waals surface area contributed by atoms with Gasteiger partial charge in [0.2, 0.25) is 10.4 Å². The Labute approximate surface area is 166 Å². The molecule has 6 nitrogen and oxygen atoms in total. The molecule has 1 heterocycles. The van der Waals surface area contributed by atoms with Crippen molar-refractivity contribution in [2.45, 2.75) is 97.3 Å². The van der Waals surface area contributed by atoms with Crippen LogP contribution in [-0.2, 0) is 28.1 Å².